The maximum atomic E-state index is 12.5. The van der Waals surface area contributed by atoms with Crippen LogP contribution in [0.25, 0.3) is 10.9 Å². The number of morpholine rings is 1. The fourth-order valence-corrected chi connectivity index (χ4v) is 3.01. The Labute approximate surface area is 150 Å². The van der Waals surface area contributed by atoms with Crippen molar-refractivity contribution >= 4 is 28.3 Å². The molecule has 0 bridgehead atoms. The van der Waals surface area contributed by atoms with Gasteiger partial charge in [-0.25, -0.2) is 4.98 Å². The van der Waals surface area contributed by atoms with E-state index in [0.717, 1.165) is 48.6 Å². The molecular weight excluding hydrogens is 332 g/mol. The lowest BCUT2D eigenvalue weighted by Gasteiger charge is -2.28. The molecule has 1 aliphatic heterocycles. The van der Waals surface area contributed by atoms with Gasteiger partial charge in [0.15, 0.2) is 0 Å². The fourth-order valence-electron chi connectivity index (χ4n) is 3.01. The van der Waals surface area contributed by atoms with E-state index in [1.54, 1.807) is 13.3 Å². The number of anilines is 2. The first kappa shape index (κ1) is 16.4. The molecule has 3 aromatic rings. The van der Waals surface area contributed by atoms with Gasteiger partial charge in [0.2, 0.25) is 0 Å². The topological polar surface area (TPSA) is 79.5 Å². The molecule has 1 saturated heterocycles. The number of nitrogens with zero attached hydrogens (tertiary/aromatic N) is 2. The van der Waals surface area contributed by atoms with Gasteiger partial charge >= 0.3 is 0 Å². The molecule has 1 aromatic carbocycles. The predicted molar refractivity (Wildman–Crippen MR) is 100 cm³/mol. The highest BCUT2D eigenvalue weighted by Crippen LogP contribution is 2.22. The molecule has 0 unspecified atom stereocenters. The summed E-state index contributed by atoms with van der Waals surface area (Å²) >= 11 is 0. The quantitative estimate of drug-likeness (QED) is 0.755. The van der Waals surface area contributed by atoms with E-state index in [9.17, 15) is 4.79 Å². The number of carbonyl (C=O) groups is 1. The minimum absolute atomic E-state index is 0.230. The second-order valence-electron chi connectivity index (χ2n) is 6.09. The number of rotatable bonds is 4. The number of aromatic amines is 1. The highest BCUT2D eigenvalue weighted by Gasteiger charge is 2.13. The van der Waals surface area contributed by atoms with Crippen LogP contribution in [0.4, 0.5) is 11.5 Å². The van der Waals surface area contributed by atoms with Gasteiger partial charge < -0.3 is 24.7 Å². The summed E-state index contributed by atoms with van der Waals surface area (Å²) in [4.78, 5) is 22.2. The molecule has 1 amide bonds. The van der Waals surface area contributed by atoms with Crippen molar-refractivity contribution in [3.05, 3.63) is 48.3 Å². The van der Waals surface area contributed by atoms with Crippen LogP contribution < -0.4 is 15.0 Å². The largest absolute Gasteiger partial charge is 0.497 e. The number of H-pyrrole nitrogens is 1. The number of hydrogen-bond acceptors (Lipinski definition) is 5. The number of methoxy groups -OCH3 is 1. The van der Waals surface area contributed by atoms with E-state index in [2.05, 4.69) is 20.2 Å². The van der Waals surface area contributed by atoms with Crippen LogP contribution in [-0.4, -0.2) is 49.3 Å². The van der Waals surface area contributed by atoms with Gasteiger partial charge in [-0.15, -0.1) is 0 Å². The van der Waals surface area contributed by atoms with Crippen molar-refractivity contribution in [2.75, 3.05) is 43.6 Å². The Kier molecular flexibility index (Phi) is 4.45. The lowest BCUT2D eigenvalue weighted by atomic mass is 10.2. The molecular formula is C19H20N4O3. The van der Waals surface area contributed by atoms with Gasteiger partial charge in [0, 0.05) is 30.1 Å². The number of pyridine rings is 1. The van der Waals surface area contributed by atoms with Crippen molar-refractivity contribution < 1.29 is 14.3 Å². The third kappa shape index (κ3) is 3.34. The second kappa shape index (κ2) is 7.05. The van der Waals surface area contributed by atoms with Crippen molar-refractivity contribution in [2.45, 2.75) is 0 Å². The first-order valence-corrected chi connectivity index (χ1v) is 8.50. The summed E-state index contributed by atoms with van der Waals surface area (Å²) in [5.41, 5.74) is 2.36. The standard InChI is InChI=1S/C19H20N4O3/c1-25-15-4-2-13-10-17(21-16(13)11-15)19(24)22-18-5-3-14(12-20-18)23-6-8-26-9-7-23/h2-5,10-12,21H,6-9H2,1H3,(H,20,22,24). The number of fused-ring (bicyclic) bond motifs is 1. The molecule has 4 rings (SSSR count). The average Bonchev–Trinajstić information content (AvgIpc) is 3.12. The molecule has 2 aromatic heterocycles. The van der Waals surface area contributed by atoms with Crippen LogP contribution in [0.15, 0.2) is 42.6 Å². The molecule has 0 spiro atoms. The maximum absolute atomic E-state index is 12.5. The molecule has 7 nitrogen and oxygen atoms in total. The number of benzene rings is 1. The van der Waals surface area contributed by atoms with E-state index in [1.165, 1.54) is 0 Å². The van der Waals surface area contributed by atoms with Gasteiger partial charge in [-0.1, -0.05) is 0 Å². The summed E-state index contributed by atoms with van der Waals surface area (Å²) in [5, 5.41) is 3.77. The normalized spacial score (nSPS) is 14.4. The number of carbonyl (C=O) groups excluding carboxylic acids is 1. The Morgan fingerprint density at radius 2 is 2.08 bits per heavy atom. The molecule has 134 valence electrons. The summed E-state index contributed by atoms with van der Waals surface area (Å²) < 4.78 is 10.6. The number of amides is 1. The first-order valence-electron chi connectivity index (χ1n) is 8.50. The van der Waals surface area contributed by atoms with E-state index < -0.39 is 0 Å². The zero-order valence-electron chi connectivity index (χ0n) is 14.5. The van der Waals surface area contributed by atoms with E-state index in [-0.39, 0.29) is 5.91 Å². The van der Waals surface area contributed by atoms with Crippen molar-refractivity contribution in [3.8, 4) is 5.75 Å². The number of hydrogen-bond donors (Lipinski definition) is 2. The molecule has 0 saturated carbocycles. The van der Waals surface area contributed by atoms with E-state index >= 15 is 0 Å². The predicted octanol–water partition coefficient (Wildman–Crippen LogP) is 2.66. The lowest BCUT2D eigenvalue weighted by molar-refractivity contribution is 0.102. The molecule has 3 heterocycles. The van der Waals surface area contributed by atoms with Gasteiger partial charge in [-0.2, -0.15) is 0 Å². The summed E-state index contributed by atoms with van der Waals surface area (Å²) in [6.45, 7) is 3.16. The zero-order chi connectivity index (χ0) is 17.9. The van der Waals surface area contributed by atoms with Crippen LogP contribution in [0.1, 0.15) is 10.5 Å². The molecule has 0 radical (unpaired) electrons. The monoisotopic (exact) mass is 352 g/mol. The molecule has 26 heavy (non-hydrogen) atoms. The number of aromatic nitrogens is 2. The summed E-state index contributed by atoms with van der Waals surface area (Å²) in [5.74, 6) is 1.03. The highest BCUT2D eigenvalue weighted by atomic mass is 16.5. The van der Waals surface area contributed by atoms with E-state index in [0.29, 0.717) is 11.5 Å². The van der Waals surface area contributed by atoms with Crippen LogP contribution in [0.2, 0.25) is 0 Å². The molecule has 7 heteroatoms. The summed E-state index contributed by atoms with van der Waals surface area (Å²) in [7, 11) is 1.62. The third-order valence-electron chi connectivity index (χ3n) is 4.44. The van der Waals surface area contributed by atoms with Crippen LogP contribution in [0.5, 0.6) is 5.75 Å². The Hall–Kier alpha value is -3.06. The third-order valence-corrected chi connectivity index (χ3v) is 4.44. The van der Waals surface area contributed by atoms with Crippen LogP contribution in [-0.2, 0) is 4.74 Å². The van der Waals surface area contributed by atoms with Crippen LogP contribution in [0.3, 0.4) is 0 Å². The second-order valence-corrected chi connectivity index (χ2v) is 6.09. The lowest BCUT2D eigenvalue weighted by Crippen LogP contribution is -2.36. The van der Waals surface area contributed by atoms with Gasteiger partial charge in [0.05, 0.1) is 32.2 Å². The molecule has 1 aliphatic rings. The van der Waals surface area contributed by atoms with Gasteiger partial charge in [-0.05, 0) is 30.3 Å². The molecule has 2 N–H and O–H groups in total. The van der Waals surface area contributed by atoms with Crippen molar-refractivity contribution in [2.24, 2.45) is 0 Å². The Morgan fingerprint density at radius 1 is 1.23 bits per heavy atom. The molecule has 0 aliphatic carbocycles. The SMILES string of the molecule is COc1ccc2cc(C(=O)Nc3ccc(N4CCOCC4)cn3)[nH]c2c1. The Balaban J connectivity index is 1.47. The smallest absolute Gasteiger partial charge is 0.273 e. The molecule has 0 atom stereocenters. The maximum Gasteiger partial charge on any atom is 0.273 e. The van der Waals surface area contributed by atoms with Gasteiger partial charge in [0.1, 0.15) is 17.3 Å². The summed E-state index contributed by atoms with van der Waals surface area (Å²) in [6.07, 6.45) is 1.77. The van der Waals surface area contributed by atoms with E-state index in [4.69, 9.17) is 9.47 Å². The van der Waals surface area contributed by atoms with Crippen LogP contribution >= 0.6 is 0 Å². The zero-order valence-corrected chi connectivity index (χ0v) is 14.5. The minimum Gasteiger partial charge on any atom is -0.497 e. The summed E-state index contributed by atoms with van der Waals surface area (Å²) in [6, 6.07) is 11.2. The number of ether oxygens (including phenoxy) is 2. The Morgan fingerprint density at radius 3 is 2.81 bits per heavy atom. The fraction of sp³-hybridized carbons (Fsp3) is 0.263. The van der Waals surface area contributed by atoms with Gasteiger partial charge in [0.25, 0.3) is 5.91 Å². The Bertz CT molecular complexity index is 914. The molecule has 1 fully saturated rings. The van der Waals surface area contributed by atoms with E-state index in [1.807, 2.05) is 36.4 Å². The first-order chi connectivity index (χ1) is 12.7. The van der Waals surface area contributed by atoms with Crippen molar-refractivity contribution in [1.29, 1.82) is 0 Å². The van der Waals surface area contributed by atoms with Crippen LogP contribution in [0, 0.1) is 0 Å². The van der Waals surface area contributed by atoms with Crippen molar-refractivity contribution in [1.82, 2.24) is 9.97 Å². The van der Waals surface area contributed by atoms with Crippen molar-refractivity contribution in [3.63, 3.8) is 0 Å². The van der Waals surface area contributed by atoms with Gasteiger partial charge in [-0.3, -0.25) is 4.79 Å². The highest BCUT2D eigenvalue weighted by molar-refractivity contribution is 6.05. The minimum atomic E-state index is -0.230. The average molecular weight is 352 g/mol. The number of nitrogens with one attached hydrogen (secondary N) is 2.